The summed E-state index contributed by atoms with van der Waals surface area (Å²) in [6, 6.07) is 0.228. The topological polar surface area (TPSA) is 47.1 Å². The molecule has 2 rings (SSSR count). The van der Waals surface area contributed by atoms with E-state index in [9.17, 15) is 9.59 Å². The van der Waals surface area contributed by atoms with Crippen LogP contribution in [0.3, 0.4) is 0 Å². The Morgan fingerprint density at radius 3 is 2.35 bits per heavy atom. The zero-order valence-electron chi connectivity index (χ0n) is 10.2. The van der Waals surface area contributed by atoms with Gasteiger partial charge in [0.05, 0.1) is 0 Å². The number of hydrogen-bond donors (Lipinski definition) is 0. The van der Waals surface area contributed by atoms with Crippen molar-refractivity contribution >= 4 is 12.1 Å². The summed E-state index contributed by atoms with van der Waals surface area (Å²) in [7, 11) is 3.66. The minimum absolute atomic E-state index is 0.0995. The average Bonchev–Trinajstić information content (AvgIpc) is 2.62. The van der Waals surface area contributed by atoms with E-state index in [-0.39, 0.29) is 12.1 Å². The molecule has 17 heavy (non-hydrogen) atoms. The van der Waals surface area contributed by atoms with Gasteiger partial charge in [-0.3, -0.25) is 0 Å². The first-order chi connectivity index (χ1) is 8.09. The third-order valence-corrected chi connectivity index (χ3v) is 5.87. The van der Waals surface area contributed by atoms with Crippen LogP contribution < -0.4 is 21.5 Å². The quantitative estimate of drug-likeness (QED) is 0.236. The third-order valence-electron chi connectivity index (χ3n) is 3.03. The summed E-state index contributed by atoms with van der Waals surface area (Å²) in [5, 5.41) is 0. The predicted octanol–water partition coefficient (Wildman–Crippen LogP) is -2.93. The number of urea groups is 2. The molecule has 7 heteroatoms. The number of amides is 4. The third kappa shape index (κ3) is 2.75. The molecule has 4 amide bonds. The van der Waals surface area contributed by atoms with Gasteiger partial charge in [0, 0.05) is 0 Å². The normalized spacial score (nSPS) is 22.0. The van der Waals surface area contributed by atoms with E-state index in [1.165, 1.54) is 0 Å². The van der Waals surface area contributed by atoms with E-state index < -0.39 is 21.5 Å². The molecule has 0 N–H and O–H groups in total. The fourth-order valence-electron chi connectivity index (χ4n) is 1.88. The summed E-state index contributed by atoms with van der Waals surface area (Å²) in [6.45, 7) is 3.31. The van der Waals surface area contributed by atoms with E-state index in [1.807, 2.05) is 22.1 Å². The second kappa shape index (κ2) is 5.28. The Morgan fingerprint density at radius 1 is 1.00 bits per heavy atom. The van der Waals surface area contributed by atoms with Crippen molar-refractivity contribution in [2.45, 2.75) is 6.42 Å². The first-order valence-corrected chi connectivity index (χ1v) is 8.20. The van der Waals surface area contributed by atoms with Crippen LogP contribution in [-0.2, 0) is 0 Å². The van der Waals surface area contributed by atoms with Crippen molar-refractivity contribution in [3.8, 4) is 0 Å². The van der Waals surface area contributed by atoms with E-state index in [0.717, 1.165) is 37.2 Å². The fraction of sp³-hybridized carbons (Fsp3) is 0.800. The van der Waals surface area contributed by atoms with Gasteiger partial charge < -0.3 is 0 Å². The van der Waals surface area contributed by atoms with Gasteiger partial charge >= 0.3 is 112 Å². The van der Waals surface area contributed by atoms with Crippen LogP contribution in [0.4, 0.5) is 9.59 Å². The van der Waals surface area contributed by atoms with Crippen LogP contribution in [0.2, 0.25) is 0 Å². The molecular weight excluding hydrogens is 335 g/mol. The van der Waals surface area contributed by atoms with Crippen LogP contribution in [0.15, 0.2) is 0 Å². The van der Waals surface area contributed by atoms with E-state index in [4.69, 9.17) is 0 Å². The number of alkyl halides is 1. The molecule has 2 aliphatic heterocycles. The number of carbonyl (C=O) groups excluding carboxylic acids is 2. The van der Waals surface area contributed by atoms with Gasteiger partial charge in [-0.15, -0.1) is 0 Å². The molecule has 2 aliphatic rings. The number of hydrogen-bond acceptors (Lipinski definition) is 2. The Labute approximate surface area is 112 Å². The molecule has 0 radical (unpaired) electrons. The molecule has 2 saturated heterocycles. The van der Waals surface area contributed by atoms with Crippen molar-refractivity contribution < 1.29 is 31.1 Å². The van der Waals surface area contributed by atoms with Crippen LogP contribution in [0.25, 0.3) is 0 Å². The van der Waals surface area contributed by atoms with Gasteiger partial charge in [0.25, 0.3) is 0 Å². The molecule has 0 aromatic rings. The van der Waals surface area contributed by atoms with Gasteiger partial charge in [-0.2, -0.15) is 0 Å². The first-order valence-electron chi connectivity index (χ1n) is 5.71. The molecule has 0 bridgehead atoms. The number of carbonyl (C=O) groups is 2. The van der Waals surface area contributed by atoms with Crippen molar-refractivity contribution in [2.24, 2.45) is 0 Å². The summed E-state index contributed by atoms with van der Waals surface area (Å²) in [5.74, 6) is 0. The van der Waals surface area contributed by atoms with E-state index in [0.29, 0.717) is 0 Å². The summed E-state index contributed by atoms with van der Waals surface area (Å²) in [6.07, 6.45) is 1.04. The Morgan fingerprint density at radius 2 is 1.71 bits per heavy atom. The molecule has 0 atom stereocenters. The molecule has 0 saturated carbocycles. The minimum atomic E-state index is -0.403. The van der Waals surface area contributed by atoms with Crippen LogP contribution in [0.1, 0.15) is 6.42 Å². The predicted molar refractivity (Wildman–Crippen MR) is 58.9 cm³/mol. The van der Waals surface area contributed by atoms with Gasteiger partial charge in [-0.05, 0) is 0 Å². The van der Waals surface area contributed by atoms with Crippen LogP contribution in [0.5, 0.6) is 0 Å². The van der Waals surface area contributed by atoms with Gasteiger partial charge in [-0.25, -0.2) is 0 Å². The van der Waals surface area contributed by atoms with Crippen LogP contribution in [-0.4, -0.2) is 74.7 Å². The molecule has 0 aromatic carbocycles. The van der Waals surface area contributed by atoms with Gasteiger partial charge in [-0.1, -0.05) is 0 Å². The second-order valence-electron chi connectivity index (χ2n) is 4.35. The summed E-state index contributed by atoms with van der Waals surface area (Å²) in [5.41, 5.74) is 0. The SMILES string of the molecule is CN1CCN(C[I-]N2CCCN(C)C2=O)C1=O. The Kier molecular flexibility index (Phi) is 3.95. The fourth-order valence-corrected chi connectivity index (χ4v) is 4.59. The van der Waals surface area contributed by atoms with Gasteiger partial charge in [0.15, 0.2) is 0 Å². The second-order valence-corrected chi connectivity index (χ2v) is 6.88. The molecule has 2 heterocycles. The van der Waals surface area contributed by atoms with Crippen molar-refractivity contribution in [2.75, 3.05) is 44.8 Å². The number of halogens is 1. The van der Waals surface area contributed by atoms with Crippen LogP contribution in [0, 0.1) is 0 Å². The average molecular weight is 353 g/mol. The number of rotatable bonds is 3. The molecule has 0 spiro atoms. The summed E-state index contributed by atoms with van der Waals surface area (Å²) < 4.78 is 2.69. The molecule has 0 aliphatic carbocycles. The summed E-state index contributed by atoms with van der Waals surface area (Å²) in [4.78, 5) is 28.9. The van der Waals surface area contributed by atoms with E-state index in [2.05, 4.69) is 0 Å². The van der Waals surface area contributed by atoms with E-state index in [1.54, 1.807) is 9.80 Å². The molecule has 6 nitrogen and oxygen atoms in total. The zero-order chi connectivity index (χ0) is 12.4. The molecule has 0 unspecified atom stereocenters. The number of likely N-dealkylation sites (N-methyl/N-ethyl adjacent to an activating group) is 1. The maximum atomic E-state index is 11.8. The monoisotopic (exact) mass is 353 g/mol. The Balaban J connectivity index is 1.82. The Hall–Kier alpha value is -0.730. The van der Waals surface area contributed by atoms with Gasteiger partial charge in [0.1, 0.15) is 0 Å². The van der Waals surface area contributed by atoms with Crippen molar-refractivity contribution in [3.05, 3.63) is 0 Å². The van der Waals surface area contributed by atoms with E-state index >= 15 is 0 Å². The number of nitrogens with zero attached hydrogens (tertiary/aromatic N) is 4. The molecule has 98 valence electrons. The summed E-state index contributed by atoms with van der Waals surface area (Å²) >= 11 is -0.403. The zero-order valence-corrected chi connectivity index (χ0v) is 12.4. The standard InChI is InChI=1S/C10H18IN4O2/c1-12-4-3-5-15(10(12)17)11-8-14-7-6-13(2)9(14)16/h3-8H2,1-2H3/q-1. The maximum absolute atomic E-state index is 11.8. The van der Waals surface area contributed by atoms with Crippen LogP contribution >= 0.6 is 0 Å². The van der Waals surface area contributed by atoms with Crippen molar-refractivity contribution in [3.63, 3.8) is 0 Å². The van der Waals surface area contributed by atoms with Crippen molar-refractivity contribution in [1.82, 2.24) is 17.8 Å². The van der Waals surface area contributed by atoms with Crippen molar-refractivity contribution in [1.29, 1.82) is 0 Å². The Bertz CT molecular complexity index is 325. The molecule has 0 aromatic heterocycles. The molecular formula is C10H18IN4O2-. The molecule has 2 fully saturated rings. The first kappa shape index (κ1) is 12.7. The van der Waals surface area contributed by atoms with Gasteiger partial charge in [0.2, 0.25) is 0 Å².